The highest BCUT2D eigenvalue weighted by atomic mass is 16.2. The molecule has 0 saturated carbocycles. The summed E-state index contributed by atoms with van der Waals surface area (Å²) in [7, 11) is 0. The molecule has 2 atom stereocenters. The number of hydrogen-bond donors (Lipinski definition) is 2. The molecule has 1 saturated heterocycles. The van der Waals surface area contributed by atoms with E-state index in [9.17, 15) is 9.59 Å². The molecule has 170 valence electrons. The van der Waals surface area contributed by atoms with Crippen molar-refractivity contribution in [3.8, 4) is 0 Å². The lowest BCUT2D eigenvalue weighted by atomic mass is 9.83. The van der Waals surface area contributed by atoms with Crippen LogP contribution in [0.5, 0.6) is 0 Å². The number of nitrogens with one attached hydrogen (secondary N) is 2. The summed E-state index contributed by atoms with van der Waals surface area (Å²) in [6.45, 7) is 1.70. The Hall–Kier alpha value is -3.74. The molecule has 2 amide bonds. The molecule has 4 rings (SSSR count). The molecule has 7 heteroatoms. The molecule has 1 fully saturated rings. The topological polar surface area (TPSA) is 87.2 Å². The van der Waals surface area contributed by atoms with E-state index in [-0.39, 0.29) is 23.8 Å². The molecule has 1 aromatic heterocycles. The van der Waals surface area contributed by atoms with Crippen molar-refractivity contribution < 1.29 is 9.59 Å². The molecule has 2 unspecified atom stereocenters. The van der Waals surface area contributed by atoms with Crippen LogP contribution in [-0.4, -0.2) is 39.8 Å². The molecule has 2 aromatic carbocycles. The van der Waals surface area contributed by atoms with Crippen molar-refractivity contribution >= 4 is 17.8 Å². The second-order valence-electron chi connectivity index (χ2n) is 8.15. The molecule has 2 N–H and O–H groups in total. The van der Waals surface area contributed by atoms with Crippen molar-refractivity contribution in [1.82, 2.24) is 20.2 Å². The molecular formula is C26H29N5O2. The van der Waals surface area contributed by atoms with E-state index in [1.165, 1.54) is 0 Å². The van der Waals surface area contributed by atoms with Gasteiger partial charge in [-0.2, -0.15) is 0 Å². The zero-order chi connectivity index (χ0) is 22.9. The highest BCUT2D eigenvalue weighted by molar-refractivity contribution is 5.85. The number of likely N-dealkylation sites (tertiary alicyclic amines) is 1. The van der Waals surface area contributed by atoms with Crippen molar-refractivity contribution in [2.24, 2.45) is 5.92 Å². The van der Waals surface area contributed by atoms with Crippen LogP contribution in [0.2, 0.25) is 0 Å². The van der Waals surface area contributed by atoms with Crippen LogP contribution >= 0.6 is 0 Å². The summed E-state index contributed by atoms with van der Waals surface area (Å²) in [4.78, 5) is 36.3. The largest absolute Gasteiger partial charge is 0.356 e. The van der Waals surface area contributed by atoms with E-state index in [2.05, 4.69) is 20.6 Å². The third kappa shape index (κ3) is 5.94. The van der Waals surface area contributed by atoms with Gasteiger partial charge in [0.25, 0.3) is 0 Å². The van der Waals surface area contributed by atoms with Crippen LogP contribution in [-0.2, 0) is 16.1 Å². The number of benzene rings is 2. The Kier molecular flexibility index (Phi) is 7.64. The number of anilines is 1. The Balaban J connectivity index is 1.42. The SMILES string of the molecule is O=C(NCCCNc1ncccn1)C1CCC(=O)N(Cc2ccccc2)C1c1ccccc1. The summed E-state index contributed by atoms with van der Waals surface area (Å²) in [5.74, 6) is 0.365. The summed E-state index contributed by atoms with van der Waals surface area (Å²) >= 11 is 0. The molecule has 0 radical (unpaired) electrons. The number of carbonyl (C=O) groups is 2. The minimum atomic E-state index is -0.292. The zero-order valence-electron chi connectivity index (χ0n) is 18.6. The summed E-state index contributed by atoms with van der Waals surface area (Å²) < 4.78 is 0. The minimum absolute atomic E-state index is 0.00891. The molecule has 0 bridgehead atoms. The average molecular weight is 444 g/mol. The fourth-order valence-corrected chi connectivity index (χ4v) is 4.28. The summed E-state index contributed by atoms with van der Waals surface area (Å²) in [5, 5.41) is 6.23. The Bertz CT molecular complexity index is 1030. The highest BCUT2D eigenvalue weighted by Crippen LogP contribution is 2.37. The van der Waals surface area contributed by atoms with E-state index >= 15 is 0 Å². The van der Waals surface area contributed by atoms with Crippen LogP contribution in [0.1, 0.15) is 36.4 Å². The minimum Gasteiger partial charge on any atom is -0.356 e. The lowest BCUT2D eigenvalue weighted by Gasteiger charge is -2.41. The van der Waals surface area contributed by atoms with Gasteiger partial charge in [0.05, 0.1) is 12.0 Å². The third-order valence-corrected chi connectivity index (χ3v) is 5.88. The van der Waals surface area contributed by atoms with Crippen LogP contribution in [0.3, 0.4) is 0 Å². The van der Waals surface area contributed by atoms with Gasteiger partial charge in [0.15, 0.2) is 0 Å². The Morgan fingerprint density at radius 2 is 1.64 bits per heavy atom. The second kappa shape index (κ2) is 11.2. The smallest absolute Gasteiger partial charge is 0.225 e. The molecular weight excluding hydrogens is 414 g/mol. The molecule has 0 spiro atoms. The fraction of sp³-hybridized carbons (Fsp3) is 0.308. The number of carbonyl (C=O) groups excluding carboxylic acids is 2. The van der Waals surface area contributed by atoms with Crippen LogP contribution in [0.25, 0.3) is 0 Å². The summed E-state index contributed by atoms with van der Waals surface area (Å²) in [5.41, 5.74) is 2.05. The summed E-state index contributed by atoms with van der Waals surface area (Å²) in [6, 6.07) is 21.3. The molecule has 1 aliphatic rings. The molecule has 0 aliphatic carbocycles. The maximum Gasteiger partial charge on any atom is 0.225 e. The standard InChI is InChI=1S/C26H29N5O2/c32-23-14-13-22(25(33)27-15-7-16-28-26-29-17-8-18-30-26)24(21-11-5-2-6-12-21)31(23)19-20-9-3-1-4-10-20/h1-6,8-12,17-18,22,24H,7,13-16,19H2,(H,27,33)(H,28,29,30). The fourth-order valence-electron chi connectivity index (χ4n) is 4.28. The highest BCUT2D eigenvalue weighted by Gasteiger charge is 2.40. The first-order chi connectivity index (χ1) is 16.2. The number of piperidine rings is 1. The van der Waals surface area contributed by atoms with Gasteiger partial charge in [-0.25, -0.2) is 9.97 Å². The lowest BCUT2D eigenvalue weighted by molar-refractivity contribution is -0.144. The quantitative estimate of drug-likeness (QED) is 0.494. The van der Waals surface area contributed by atoms with E-state index in [1.807, 2.05) is 65.6 Å². The molecule has 1 aliphatic heterocycles. The van der Waals surface area contributed by atoms with Crippen LogP contribution in [0.4, 0.5) is 5.95 Å². The third-order valence-electron chi connectivity index (χ3n) is 5.88. The first-order valence-electron chi connectivity index (χ1n) is 11.4. The first kappa shape index (κ1) is 22.5. The van der Waals surface area contributed by atoms with Gasteiger partial charge >= 0.3 is 0 Å². The van der Waals surface area contributed by atoms with Crippen LogP contribution in [0, 0.1) is 5.92 Å². The predicted octanol–water partition coefficient (Wildman–Crippen LogP) is 3.57. The molecule has 2 heterocycles. The number of amides is 2. The van der Waals surface area contributed by atoms with E-state index in [1.54, 1.807) is 18.5 Å². The van der Waals surface area contributed by atoms with Crippen molar-refractivity contribution in [2.45, 2.75) is 31.8 Å². The Morgan fingerprint density at radius 1 is 0.939 bits per heavy atom. The zero-order valence-corrected chi connectivity index (χ0v) is 18.6. The van der Waals surface area contributed by atoms with E-state index in [0.29, 0.717) is 38.4 Å². The number of nitrogens with zero attached hydrogens (tertiary/aromatic N) is 3. The lowest BCUT2D eigenvalue weighted by Crippen LogP contribution is -2.47. The van der Waals surface area contributed by atoms with Crippen molar-refractivity contribution in [1.29, 1.82) is 0 Å². The van der Waals surface area contributed by atoms with Gasteiger partial charge in [0, 0.05) is 38.4 Å². The van der Waals surface area contributed by atoms with Gasteiger partial charge in [-0.3, -0.25) is 9.59 Å². The van der Waals surface area contributed by atoms with E-state index in [0.717, 1.165) is 17.5 Å². The predicted molar refractivity (Wildman–Crippen MR) is 127 cm³/mol. The van der Waals surface area contributed by atoms with Crippen molar-refractivity contribution in [2.75, 3.05) is 18.4 Å². The molecule has 33 heavy (non-hydrogen) atoms. The molecule has 7 nitrogen and oxygen atoms in total. The van der Waals surface area contributed by atoms with E-state index < -0.39 is 0 Å². The normalized spacial score (nSPS) is 18.1. The van der Waals surface area contributed by atoms with Gasteiger partial charge in [0.1, 0.15) is 0 Å². The van der Waals surface area contributed by atoms with Crippen LogP contribution in [0.15, 0.2) is 79.1 Å². The maximum absolute atomic E-state index is 13.2. The van der Waals surface area contributed by atoms with Crippen molar-refractivity contribution in [3.63, 3.8) is 0 Å². The van der Waals surface area contributed by atoms with E-state index in [4.69, 9.17) is 0 Å². The van der Waals surface area contributed by atoms with Crippen LogP contribution < -0.4 is 10.6 Å². The first-order valence-corrected chi connectivity index (χ1v) is 11.4. The van der Waals surface area contributed by atoms with Gasteiger partial charge in [0.2, 0.25) is 17.8 Å². The van der Waals surface area contributed by atoms with Gasteiger partial charge < -0.3 is 15.5 Å². The number of aromatic nitrogens is 2. The Labute approximate surface area is 194 Å². The van der Waals surface area contributed by atoms with Gasteiger partial charge in [-0.1, -0.05) is 60.7 Å². The summed E-state index contributed by atoms with van der Waals surface area (Å²) in [6.07, 6.45) is 5.05. The molecule has 3 aromatic rings. The van der Waals surface area contributed by atoms with Crippen molar-refractivity contribution in [3.05, 3.63) is 90.3 Å². The monoisotopic (exact) mass is 443 g/mol. The Morgan fingerprint density at radius 3 is 2.36 bits per heavy atom. The average Bonchev–Trinajstić information content (AvgIpc) is 2.86. The second-order valence-corrected chi connectivity index (χ2v) is 8.15. The van der Waals surface area contributed by atoms with Gasteiger partial charge in [-0.05, 0) is 30.0 Å². The number of rotatable bonds is 9. The number of hydrogen-bond acceptors (Lipinski definition) is 5. The maximum atomic E-state index is 13.2. The van der Waals surface area contributed by atoms with Gasteiger partial charge in [-0.15, -0.1) is 0 Å².